The van der Waals surface area contributed by atoms with E-state index in [1.54, 1.807) is 4.68 Å². The fourth-order valence-electron chi connectivity index (χ4n) is 2.37. The number of nitrogens with zero attached hydrogens (tertiary/aromatic N) is 3. The summed E-state index contributed by atoms with van der Waals surface area (Å²) in [6, 6.07) is 2.19. The van der Waals surface area contributed by atoms with Crippen molar-refractivity contribution in [3.05, 3.63) is 53.4 Å². The first-order valence-corrected chi connectivity index (χ1v) is 5.82. The molecule has 0 aliphatic carbocycles. The summed E-state index contributed by atoms with van der Waals surface area (Å²) >= 11 is 0. The molecule has 1 atom stereocenters. The predicted molar refractivity (Wildman–Crippen MR) is 62.9 cm³/mol. The Kier molecular flexibility index (Phi) is 2.66. The third-order valence-electron chi connectivity index (χ3n) is 3.28. The van der Waals surface area contributed by atoms with Crippen molar-refractivity contribution in [1.29, 1.82) is 0 Å². The summed E-state index contributed by atoms with van der Waals surface area (Å²) in [7, 11) is 0. The standard InChI is InChI=1S/C13H10F3N3/c1-2-10-17-13-8(5-6-19(13)18-10)7-3-4-9(14)12(16)11(7)15/h2-4,8H,1,5-6H2/t8-/m0/s1. The molecule has 0 spiro atoms. The molecule has 0 saturated heterocycles. The van der Waals surface area contributed by atoms with Gasteiger partial charge in [0.2, 0.25) is 0 Å². The van der Waals surface area contributed by atoms with Crippen molar-refractivity contribution in [3.63, 3.8) is 0 Å². The Bertz CT molecular complexity index is 663. The molecule has 0 unspecified atom stereocenters. The molecule has 0 N–H and O–H groups in total. The fraction of sp³-hybridized carbons (Fsp3) is 0.231. The van der Waals surface area contributed by atoms with E-state index in [0.717, 1.165) is 6.07 Å². The van der Waals surface area contributed by atoms with E-state index in [0.29, 0.717) is 24.6 Å². The summed E-state index contributed by atoms with van der Waals surface area (Å²) in [6.07, 6.45) is 2.05. The number of hydrogen-bond donors (Lipinski definition) is 0. The number of halogens is 3. The smallest absolute Gasteiger partial charge is 0.194 e. The number of aromatic nitrogens is 3. The van der Waals surface area contributed by atoms with Crippen molar-refractivity contribution in [2.24, 2.45) is 0 Å². The molecule has 0 fully saturated rings. The number of aryl methyl sites for hydroxylation is 1. The predicted octanol–water partition coefficient (Wildman–Crippen LogP) is 2.87. The lowest BCUT2D eigenvalue weighted by Gasteiger charge is -2.10. The highest BCUT2D eigenvalue weighted by atomic mass is 19.2. The van der Waals surface area contributed by atoms with Crippen LogP contribution in [-0.2, 0) is 6.54 Å². The zero-order chi connectivity index (χ0) is 13.6. The van der Waals surface area contributed by atoms with Gasteiger partial charge in [-0.1, -0.05) is 12.6 Å². The Morgan fingerprint density at radius 2 is 2.05 bits per heavy atom. The van der Waals surface area contributed by atoms with Crippen molar-refractivity contribution in [2.75, 3.05) is 0 Å². The highest BCUT2D eigenvalue weighted by molar-refractivity contribution is 5.38. The lowest BCUT2D eigenvalue weighted by atomic mass is 9.96. The molecule has 6 heteroatoms. The van der Waals surface area contributed by atoms with Crippen LogP contribution >= 0.6 is 0 Å². The van der Waals surface area contributed by atoms with Crippen LogP contribution < -0.4 is 0 Å². The van der Waals surface area contributed by atoms with Gasteiger partial charge in [0.25, 0.3) is 0 Å². The number of fused-ring (bicyclic) bond motifs is 1. The maximum atomic E-state index is 13.8. The lowest BCUT2D eigenvalue weighted by molar-refractivity contribution is 0.437. The second-order valence-electron chi connectivity index (χ2n) is 4.36. The summed E-state index contributed by atoms with van der Waals surface area (Å²) in [6.45, 7) is 4.13. The van der Waals surface area contributed by atoms with Gasteiger partial charge in [-0.15, -0.1) is 0 Å². The van der Waals surface area contributed by atoms with E-state index < -0.39 is 23.4 Å². The first-order valence-electron chi connectivity index (χ1n) is 5.82. The van der Waals surface area contributed by atoms with Gasteiger partial charge in [0.05, 0.1) is 0 Å². The van der Waals surface area contributed by atoms with Crippen LogP contribution in [0, 0.1) is 17.5 Å². The monoisotopic (exact) mass is 265 g/mol. The van der Waals surface area contributed by atoms with Gasteiger partial charge in [-0.25, -0.2) is 22.8 Å². The van der Waals surface area contributed by atoms with Crippen molar-refractivity contribution in [2.45, 2.75) is 18.9 Å². The van der Waals surface area contributed by atoms with Gasteiger partial charge < -0.3 is 0 Å². The molecule has 0 amide bonds. The lowest BCUT2D eigenvalue weighted by Crippen LogP contribution is -2.05. The second-order valence-corrected chi connectivity index (χ2v) is 4.36. The zero-order valence-corrected chi connectivity index (χ0v) is 9.91. The van der Waals surface area contributed by atoms with Crippen LogP contribution in [0.5, 0.6) is 0 Å². The second kappa shape index (κ2) is 4.22. The van der Waals surface area contributed by atoms with Gasteiger partial charge in [-0.05, 0) is 18.6 Å². The van der Waals surface area contributed by atoms with E-state index in [1.165, 1.54) is 12.1 Å². The molecule has 19 heavy (non-hydrogen) atoms. The highest BCUT2D eigenvalue weighted by Crippen LogP contribution is 2.35. The topological polar surface area (TPSA) is 30.7 Å². The van der Waals surface area contributed by atoms with E-state index in [2.05, 4.69) is 16.7 Å². The average Bonchev–Trinajstić information content (AvgIpc) is 2.96. The minimum atomic E-state index is -1.44. The molecule has 1 aliphatic heterocycles. The van der Waals surface area contributed by atoms with Gasteiger partial charge in [0.1, 0.15) is 5.82 Å². The molecular formula is C13H10F3N3. The Labute approximate surface area is 107 Å². The molecule has 0 bridgehead atoms. The van der Waals surface area contributed by atoms with Gasteiger partial charge >= 0.3 is 0 Å². The first-order chi connectivity index (χ1) is 9.11. The molecule has 3 nitrogen and oxygen atoms in total. The molecule has 98 valence electrons. The van der Waals surface area contributed by atoms with Gasteiger partial charge in [-0.3, -0.25) is 0 Å². The van der Waals surface area contributed by atoms with Crippen LogP contribution in [0.15, 0.2) is 18.7 Å². The minimum absolute atomic E-state index is 0.112. The van der Waals surface area contributed by atoms with E-state index in [9.17, 15) is 13.2 Å². The number of benzene rings is 1. The van der Waals surface area contributed by atoms with Crippen LogP contribution in [0.2, 0.25) is 0 Å². The van der Waals surface area contributed by atoms with Crippen molar-refractivity contribution >= 4 is 6.08 Å². The number of rotatable bonds is 2. The van der Waals surface area contributed by atoms with Gasteiger partial charge in [0, 0.05) is 18.0 Å². The fourth-order valence-corrected chi connectivity index (χ4v) is 2.37. The van der Waals surface area contributed by atoms with E-state index >= 15 is 0 Å². The van der Waals surface area contributed by atoms with Crippen LogP contribution in [0.4, 0.5) is 13.2 Å². The molecule has 2 heterocycles. The quantitative estimate of drug-likeness (QED) is 0.782. The molecule has 0 radical (unpaired) electrons. The Morgan fingerprint density at radius 1 is 1.26 bits per heavy atom. The molecule has 2 aromatic rings. The molecule has 1 aliphatic rings. The van der Waals surface area contributed by atoms with E-state index in [4.69, 9.17) is 0 Å². The zero-order valence-electron chi connectivity index (χ0n) is 9.91. The minimum Gasteiger partial charge on any atom is -0.249 e. The Morgan fingerprint density at radius 3 is 2.79 bits per heavy atom. The Hall–Kier alpha value is -2.11. The van der Waals surface area contributed by atoms with E-state index in [1.807, 2.05) is 0 Å². The highest BCUT2D eigenvalue weighted by Gasteiger charge is 2.31. The summed E-state index contributed by atoms with van der Waals surface area (Å²) in [5, 5.41) is 4.15. The Balaban J connectivity index is 2.08. The molecule has 1 aromatic heterocycles. The maximum Gasteiger partial charge on any atom is 0.194 e. The average molecular weight is 265 g/mol. The largest absolute Gasteiger partial charge is 0.249 e. The van der Waals surface area contributed by atoms with Crippen LogP contribution in [0.3, 0.4) is 0 Å². The molecule has 3 rings (SSSR count). The van der Waals surface area contributed by atoms with Crippen molar-refractivity contribution in [3.8, 4) is 0 Å². The maximum absolute atomic E-state index is 13.8. The van der Waals surface area contributed by atoms with Crippen molar-refractivity contribution in [1.82, 2.24) is 14.8 Å². The molecule has 0 saturated carbocycles. The molecular weight excluding hydrogens is 255 g/mol. The third kappa shape index (κ3) is 1.75. The van der Waals surface area contributed by atoms with Crippen LogP contribution in [0.1, 0.15) is 29.6 Å². The SMILES string of the molecule is C=Cc1nc2n(n1)CC[C@H]2c1ccc(F)c(F)c1F. The number of hydrogen-bond acceptors (Lipinski definition) is 2. The summed E-state index contributed by atoms with van der Waals surface area (Å²) < 4.78 is 41.7. The third-order valence-corrected chi connectivity index (χ3v) is 3.28. The summed E-state index contributed by atoms with van der Waals surface area (Å²) in [5.41, 5.74) is 0.112. The van der Waals surface area contributed by atoms with Crippen LogP contribution in [-0.4, -0.2) is 14.8 Å². The summed E-state index contributed by atoms with van der Waals surface area (Å²) in [4.78, 5) is 4.21. The normalized spacial score (nSPS) is 17.5. The van der Waals surface area contributed by atoms with Gasteiger partial charge in [0.15, 0.2) is 23.3 Å². The first kappa shape index (κ1) is 12.0. The summed E-state index contributed by atoms with van der Waals surface area (Å²) in [5.74, 6) is -3.19. The molecule has 1 aromatic carbocycles. The van der Waals surface area contributed by atoms with Crippen LogP contribution in [0.25, 0.3) is 6.08 Å². The van der Waals surface area contributed by atoms with E-state index in [-0.39, 0.29) is 5.56 Å². The van der Waals surface area contributed by atoms with Crippen molar-refractivity contribution < 1.29 is 13.2 Å². The van der Waals surface area contributed by atoms with Gasteiger partial charge in [-0.2, -0.15) is 5.10 Å².